The molecule has 2 aliphatic rings. The number of nitrogens with zero attached hydrogens (tertiary/aromatic N) is 6. The van der Waals surface area contributed by atoms with Crippen molar-refractivity contribution in [3.63, 3.8) is 0 Å². The number of fused-ring (bicyclic) bond motifs is 4. The minimum atomic E-state index is -0.390. The first-order chi connectivity index (χ1) is 16.8. The van der Waals surface area contributed by atoms with Crippen molar-refractivity contribution < 1.29 is 4.39 Å². The molecule has 7 rings (SSSR count). The largest absolute Gasteiger partial charge is 0.353 e. The van der Waals surface area contributed by atoms with E-state index in [1.54, 1.807) is 6.20 Å². The van der Waals surface area contributed by atoms with Gasteiger partial charge in [0.25, 0.3) is 0 Å². The van der Waals surface area contributed by atoms with E-state index in [9.17, 15) is 4.39 Å². The van der Waals surface area contributed by atoms with Gasteiger partial charge in [-0.15, -0.1) is 0 Å². The number of pyridine rings is 3. The highest BCUT2D eigenvalue weighted by molar-refractivity contribution is 6.11. The van der Waals surface area contributed by atoms with Gasteiger partial charge in [-0.05, 0) is 36.5 Å². The molecule has 5 aromatic heterocycles. The van der Waals surface area contributed by atoms with Crippen molar-refractivity contribution in [2.24, 2.45) is 0 Å². The fraction of sp³-hybridized carbons (Fsp3) is 0.320. The van der Waals surface area contributed by atoms with Crippen molar-refractivity contribution in [2.75, 3.05) is 31.1 Å². The van der Waals surface area contributed by atoms with E-state index < -0.39 is 5.82 Å². The smallest absolute Gasteiger partial charge is 0.163 e. The molecule has 1 saturated carbocycles. The molecule has 0 unspecified atom stereocenters. The van der Waals surface area contributed by atoms with E-state index in [0.717, 1.165) is 53.8 Å². The van der Waals surface area contributed by atoms with Crippen LogP contribution < -0.4 is 10.2 Å². The van der Waals surface area contributed by atoms with Crippen LogP contribution in [0.5, 0.6) is 0 Å². The number of hydrogen-bond donors (Lipinski definition) is 2. The molecule has 8 nitrogen and oxygen atoms in total. The average Bonchev–Trinajstić information content (AvgIpc) is 3.21. The van der Waals surface area contributed by atoms with Crippen LogP contribution in [0.15, 0.2) is 36.9 Å². The van der Waals surface area contributed by atoms with Gasteiger partial charge in [0.2, 0.25) is 0 Å². The Balaban J connectivity index is 1.51. The average molecular weight is 455 g/mol. The molecule has 34 heavy (non-hydrogen) atoms. The first-order valence-corrected chi connectivity index (χ1v) is 11.8. The zero-order chi connectivity index (χ0) is 22.6. The van der Waals surface area contributed by atoms with E-state index in [1.807, 2.05) is 18.5 Å². The lowest BCUT2D eigenvalue weighted by atomic mass is 9.79. The van der Waals surface area contributed by atoms with Crippen LogP contribution in [0, 0.1) is 5.82 Å². The Morgan fingerprint density at radius 1 is 0.971 bits per heavy atom. The van der Waals surface area contributed by atoms with Crippen molar-refractivity contribution >= 4 is 38.8 Å². The molecule has 0 radical (unpaired) electrons. The second-order valence-corrected chi connectivity index (χ2v) is 9.12. The highest BCUT2D eigenvalue weighted by atomic mass is 19.1. The lowest BCUT2D eigenvalue weighted by Crippen LogP contribution is -2.44. The lowest BCUT2D eigenvalue weighted by Gasteiger charge is -2.32. The Kier molecular flexibility index (Phi) is 4.45. The van der Waals surface area contributed by atoms with Gasteiger partial charge in [0.1, 0.15) is 22.9 Å². The van der Waals surface area contributed by atoms with Crippen LogP contribution in [0.1, 0.15) is 30.7 Å². The Morgan fingerprint density at radius 3 is 2.68 bits per heavy atom. The number of aromatic nitrogens is 6. The van der Waals surface area contributed by atoms with Crippen molar-refractivity contribution in [1.29, 1.82) is 0 Å². The molecule has 9 heteroatoms. The van der Waals surface area contributed by atoms with Crippen LogP contribution in [-0.2, 0) is 0 Å². The van der Waals surface area contributed by atoms with E-state index in [-0.39, 0.29) is 0 Å². The number of aromatic amines is 1. The minimum Gasteiger partial charge on any atom is -0.353 e. The van der Waals surface area contributed by atoms with Crippen molar-refractivity contribution in [2.45, 2.75) is 25.2 Å². The molecule has 0 amide bonds. The van der Waals surface area contributed by atoms with Gasteiger partial charge in [-0.1, -0.05) is 6.42 Å². The zero-order valence-electron chi connectivity index (χ0n) is 18.6. The van der Waals surface area contributed by atoms with Crippen LogP contribution in [0.2, 0.25) is 0 Å². The summed E-state index contributed by atoms with van der Waals surface area (Å²) < 4.78 is 14.1. The molecule has 0 atom stereocenters. The van der Waals surface area contributed by atoms with E-state index in [4.69, 9.17) is 9.97 Å². The molecule has 1 aliphatic heterocycles. The molecule has 1 aliphatic carbocycles. The molecule has 1 saturated heterocycles. The summed E-state index contributed by atoms with van der Waals surface area (Å²) in [4.78, 5) is 28.9. The Morgan fingerprint density at radius 2 is 1.85 bits per heavy atom. The van der Waals surface area contributed by atoms with E-state index in [1.165, 1.54) is 37.1 Å². The molecule has 5 aromatic rings. The summed E-state index contributed by atoms with van der Waals surface area (Å²) in [5.74, 6) is 1.67. The Labute approximate surface area is 194 Å². The molecular weight excluding hydrogens is 431 g/mol. The summed E-state index contributed by atoms with van der Waals surface area (Å²) >= 11 is 0. The Hall–Kier alpha value is -3.72. The topological polar surface area (TPSA) is 95.5 Å². The molecule has 0 aromatic carbocycles. The number of anilines is 1. The standard InChI is InChI=1S/C25H23FN8/c26-15-10-17-20-16(4-5-29-24(20)32-22(17)30-11-15)23-31-19-13-28-12-18(14-2-1-3-14)21(19)25(33-23)34-8-6-27-7-9-34/h4-5,10-14,27H,1-3,6-9H2,(H,29,30,32). The van der Waals surface area contributed by atoms with Gasteiger partial charge in [0, 0.05) is 60.3 Å². The summed E-state index contributed by atoms with van der Waals surface area (Å²) in [5, 5.41) is 5.99. The third-order valence-electron chi connectivity index (χ3n) is 7.13. The maximum Gasteiger partial charge on any atom is 0.163 e. The quantitative estimate of drug-likeness (QED) is 0.426. The number of hydrogen-bond acceptors (Lipinski definition) is 7. The van der Waals surface area contributed by atoms with Gasteiger partial charge in [-0.2, -0.15) is 0 Å². The predicted octanol–water partition coefficient (Wildman–Crippen LogP) is 3.93. The number of halogens is 1. The van der Waals surface area contributed by atoms with Crippen LogP contribution in [0.25, 0.3) is 44.4 Å². The zero-order valence-corrected chi connectivity index (χ0v) is 18.6. The van der Waals surface area contributed by atoms with Gasteiger partial charge in [0.15, 0.2) is 5.82 Å². The van der Waals surface area contributed by atoms with Gasteiger partial charge in [-0.3, -0.25) is 4.98 Å². The van der Waals surface area contributed by atoms with Crippen molar-refractivity contribution in [3.05, 3.63) is 48.3 Å². The van der Waals surface area contributed by atoms with Crippen LogP contribution in [0.4, 0.5) is 10.2 Å². The summed E-state index contributed by atoms with van der Waals surface area (Å²) in [7, 11) is 0. The van der Waals surface area contributed by atoms with Crippen molar-refractivity contribution in [3.8, 4) is 11.4 Å². The van der Waals surface area contributed by atoms with Crippen molar-refractivity contribution in [1.82, 2.24) is 35.2 Å². The molecule has 170 valence electrons. The predicted molar refractivity (Wildman–Crippen MR) is 129 cm³/mol. The molecule has 6 heterocycles. The monoisotopic (exact) mass is 454 g/mol. The van der Waals surface area contributed by atoms with Crippen LogP contribution in [-0.4, -0.2) is 56.1 Å². The first kappa shape index (κ1) is 19.7. The number of nitrogens with one attached hydrogen (secondary N) is 2. The van der Waals surface area contributed by atoms with E-state index in [0.29, 0.717) is 28.4 Å². The Bertz CT molecular complexity index is 1550. The third-order valence-corrected chi connectivity index (χ3v) is 7.13. The third kappa shape index (κ3) is 3.03. The van der Waals surface area contributed by atoms with E-state index in [2.05, 4.69) is 30.2 Å². The molecule has 0 spiro atoms. The number of piperazine rings is 1. The summed E-state index contributed by atoms with van der Waals surface area (Å²) in [6, 6.07) is 3.38. The van der Waals surface area contributed by atoms with Gasteiger partial charge in [-0.25, -0.2) is 24.3 Å². The second kappa shape index (κ2) is 7.66. The molecule has 0 bridgehead atoms. The van der Waals surface area contributed by atoms with Gasteiger partial charge in [0.05, 0.1) is 17.9 Å². The van der Waals surface area contributed by atoms with Gasteiger partial charge >= 0.3 is 0 Å². The second-order valence-electron chi connectivity index (χ2n) is 9.12. The first-order valence-electron chi connectivity index (χ1n) is 11.8. The van der Waals surface area contributed by atoms with Crippen LogP contribution >= 0.6 is 0 Å². The minimum absolute atomic E-state index is 0.390. The fourth-order valence-electron chi connectivity index (χ4n) is 5.20. The normalized spacial score (nSPS) is 17.0. The highest BCUT2D eigenvalue weighted by Crippen LogP contribution is 2.42. The lowest BCUT2D eigenvalue weighted by molar-refractivity contribution is 0.421. The van der Waals surface area contributed by atoms with E-state index >= 15 is 0 Å². The fourth-order valence-corrected chi connectivity index (χ4v) is 5.20. The maximum atomic E-state index is 14.1. The summed E-state index contributed by atoms with van der Waals surface area (Å²) in [6.07, 6.45) is 10.4. The van der Waals surface area contributed by atoms with Crippen LogP contribution in [0.3, 0.4) is 0 Å². The summed E-state index contributed by atoms with van der Waals surface area (Å²) in [6.45, 7) is 3.59. The number of H-pyrrole nitrogens is 1. The molecule has 2 N–H and O–H groups in total. The molecule has 2 fully saturated rings. The molecular formula is C25H23FN8. The summed E-state index contributed by atoms with van der Waals surface area (Å²) in [5.41, 5.74) is 4.13. The highest BCUT2D eigenvalue weighted by Gasteiger charge is 2.27. The maximum absolute atomic E-state index is 14.1. The van der Waals surface area contributed by atoms with Gasteiger partial charge < -0.3 is 15.2 Å². The SMILES string of the molecule is Fc1cnc2[nH]c3nccc(-c4nc(N5CCNCC5)c5c(C6CCC6)cncc5n4)c3c2c1. The number of rotatable bonds is 3.